The zero-order valence-electron chi connectivity index (χ0n) is 13.4. The zero-order chi connectivity index (χ0) is 16.5. The van der Waals surface area contributed by atoms with Crippen LogP contribution in [0, 0.1) is 0 Å². The van der Waals surface area contributed by atoms with Crippen molar-refractivity contribution in [3.63, 3.8) is 0 Å². The van der Waals surface area contributed by atoms with E-state index in [0.29, 0.717) is 19.8 Å². The van der Waals surface area contributed by atoms with Crippen LogP contribution in [0.5, 0.6) is 11.5 Å². The summed E-state index contributed by atoms with van der Waals surface area (Å²) in [5.41, 5.74) is 5.03. The molecule has 0 spiro atoms. The number of ether oxygens (including phenoxy) is 2. The van der Waals surface area contributed by atoms with Gasteiger partial charge in [-0.15, -0.1) is 0 Å². The first-order valence-corrected chi connectivity index (χ1v) is 8.00. The number of nitrogens with zero attached hydrogens (tertiary/aromatic N) is 1. The van der Waals surface area contributed by atoms with E-state index in [9.17, 15) is 0 Å². The Kier molecular flexibility index (Phi) is 6.76. The molecule has 0 heterocycles. The van der Waals surface area contributed by atoms with E-state index >= 15 is 0 Å². The van der Waals surface area contributed by atoms with Gasteiger partial charge in [0, 0.05) is 16.7 Å². The van der Waals surface area contributed by atoms with E-state index in [1.807, 2.05) is 56.3 Å². The predicted octanol–water partition coefficient (Wildman–Crippen LogP) is 4.26. The van der Waals surface area contributed by atoms with E-state index in [0.717, 1.165) is 27.6 Å². The van der Waals surface area contributed by atoms with Crippen LogP contribution in [0.15, 0.2) is 47.6 Å². The molecule has 0 aliphatic heterocycles. The Hall–Kier alpha value is -2.20. The summed E-state index contributed by atoms with van der Waals surface area (Å²) in [5, 5.41) is 4.98. The molecule has 0 amide bonds. The lowest BCUT2D eigenvalue weighted by Gasteiger charge is -2.10. The molecule has 0 radical (unpaired) electrons. The molecule has 122 valence electrons. The SMILES string of the molecule is CCOc1ccc(/C=N\NCc2ccc(Cl)cc2)c(OCC)c1. The van der Waals surface area contributed by atoms with Crippen molar-refractivity contribution < 1.29 is 9.47 Å². The van der Waals surface area contributed by atoms with Gasteiger partial charge in [0.15, 0.2) is 0 Å². The maximum Gasteiger partial charge on any atom is 0.131 e. The van der Waals surface area contributed by atoms with Crippen molar-refractivity contribution in [2.24, 2.45) is 5.10 Å². The molecule has 2 aromatic carbocycles. The predicted molar refractivity (Wildman–Crippen MR) is 94.7 cm³/mol. The summed E-state index contributed by atoms with van der Waals surface area (Å²) in [6.45, 7) is 5.76. The molecular weight excluding hydrogens is 312 g/mol. The Bertz CT molecular complexity index is 642. The van der Waals surface area contributed by atoms with Crippen LogP contribution in [0.2, 0.25) is 5.02 Å². The van der Waals surface area contributed by atoms with Gasteiger partial charge in [0.2, 0.25) is 0 Å². The molecule has 2 aromatic rings. The Morgan fingerprint density at radius 2 is 1.78 bits per heavy atom. The van der Waals surface area contributed by atoms with Gasteiger partial charge >= 0.3 is 0 Å². The Morgan fingerprint density at radius 3 is 2.48 bits per heavy atom. The summed E-state index contributed by atoms with van der Waals surface area (Å²) in [6, 6.07) is 13.4. The molecular formula is C18H21ClN2O2. The zero-order valence-corrected chi connectivity index (χ0v) is 14.1. The van der Waals surface area contributed by atoms with Crippen molar-refractivity contribution in [3.05, 3.63) is 58.6 Å². The van der Waals surface area contributed by atoms with E-state index < -0.39 is 0 Å². The summed E-state index contributed by atoms with van der Waals surface area (Å²) in [4.78, 5) is 0. The monoisotopic (exact) mass is 332 g/mol. The minimum Gasteiger partial charge on any atom is -0.494 e. The van der Waals surface area contributed by atoms with Gasteiger partial charge in [-0.3, -0.25) is 0 Å². The normalized spacial score (nSPS) is 10.7. The van der Waals surface area contributed by atoms with Crippen LogP contribution in [0.1, 0.15) is 25.0 Å². The molecule has 0 atom stereocenters. The van der Waals surface area contributed by atoms with E-state index in [1.54, 1.807) is 6.21 Å². The molecule has 1 N–H and O–H groups in total. The van der Waals surface area contributed by atoms with Crippen molar-refractivity contribution in [1.29, 1.82) is 0 Å². The maximum atomic E-state index is 5.86. The van der Waals surface area contributed by atoms with Crippen molar-refractivity contribution in [3.8, 4) is 11.5 Å². The summed E-state index contributed by atoms with van der Waals surface area (Å²) >= 11 is 5.86. The van der Waals surface area contributed by atoms with Gasteiger partial charge in [-0.05, 0) is 43.7 Å². The van der Waals surface area contributed by atoms with Gasteiger partial charge in [-0.25, -0.2) is 0 Å². The third kappa shape index (κ3) is 5.49. The number of benzene rings is 2. The second-order valence-corrected chi connectivity index (χ2v) is 5.22. The molecule has 0 saturated carbocycles. The van der Waals surface area contributed by atoms with Gasteiger partial charge in [0.1, 0.15) is 11.5 Å². The fourth-order valence-electron chi connectivity index (χ4n) is 2.01. The smallest absolute Gasteiger partial charge is 0.131 e. The Morgan fingerprint density at radius 1 is 1.04 bits per heavy atom. The average Bonchev–Trinajstić information content (AvgIpc) is 2.55. The van der Waals surface area contributed by atoms with Crippen molar-refractivity contribution in [2.45, 2.75) is 20.4 Å². The van der Waals surface area contributed by atoms with E-state index in [-0.39, 0.29) is 0 Å². The second kappa shape index (κ2) is 9.06. The molecule has 0 aliphatic carbocycles. The molecule has 5 heteroatoms. The molecule has 0 bridgehead atoms. The van der Waals surface area contributed by atoms with E-state index in [1.165, 1.54) is 0 Å². The first-order chi connectivity index (χ1) is 11.2. The van der Waals surface area contributed by atoms with E-state index in [2.05, 4.69) is 10.5 Å². The lowest BCUT2D eigenvalue weighted by atomic mass is 10.2. The standard InChI is InChI=1S/C18H21ClN2O2/c1-3-22-17-10-7-15(18(11-17)23-4-2)13-21-20-12-14-5-8-16(19)9-6-14/h5-11,13,20H,3-4,12H2,1-2H3/b21-13-. The lowest BCUT2D eigenvalue weighted by molar-refractivity contribution is 0.323. The molecule has 2 rings (SSSR count). The maximum absolute atomic E-state index is 5.86. The van der Waals surface area contributed by atoms with Gasteiger partial charge in [0.25, 0.3) is 0 Å². The van der Waals surface area contributed by atoms with Crippen LogP contribution < -0.4 is 14.9 Å². The highest BCUT2D eigenvalue weighted by molar-refractivity contribution is 6.30. The first kappa shape index (κ1) is 17.2. The number of hydrazone groups is 1. The minimum atomic E-state index is 0.592. The molecule has 0 saturated heterocycles. The summed E-state index contributed by atoms with van der Waals surface area (Å²) in [6.07, 6.45) is 1.75. The molecule has 4 nitrogen and oxygen atoms in total. The van der Waals surface area contributed by atoms with Crippen LogP contribution in [0.25, 0.3) is 0 Å². The van der Waals surface area contributed by atoms with E-state index in [4.69, 9.17) is 21.1 Å². The van der Waals surface area contributed by atoms with Crippen LogP contribution in [-0.4, -0.2) is 19.4 Å². The fraction of sp³-hybridized carbons (Fsp3) is 0.278. The number of hydrogen-bond acceptors (Lipinski definition) is 4. The van der Waals surface area contributed by atoms with Gasteiger partial charge in [-0.1, -0.05) is 23.7 Å². The molecule has 0 fully saturated rings. The molecule has 0 unspecified atom stereocenters. The number of rotatable bonds is 8. The third-order valence-electron chi connectivity index (χ3n) is 3.09. The number of halogens is 1. The minimum absolute atomic E-state index is 0.592. The highest BCUT2D eigenvalue weighted by Crippen LogP contribution is 2.23. The molecule has 0 aliphatic rings. The first-order valence-electron chi connectivity index (χ1n) is 7.63. The second-order valence-electron chi connectivity index (χ2n) is 4.79. The van der Waals surface area contributed by atoms with Gasteiger partial charge in [0.05, 0.1) is 26.0 Å². The van der Waals surface area contributed by atoms with Crippen LogP contribution in [0.4, 0.5) is 0 Å². The molecule has 23 heavy (non-hydrogen) atoms. The quantitative estimate of drug-likeness (QED) is 0.580. The van der Waals surface area contributed by atoms with Crippen molar-refractivity contribution >= 4 is 17.8 Å². The van der Waals surface area contributed by atoms with Crippen molar-refractivity contribution in [1.82, 2.24) is 5.43 Å². The topological polar surface area (TPSA) is 42.8 Å². The summed E-state index contributed by atoms with van der Waals surface area (Å²) < 4.78 is 11.1. The fourth-order valence-corrected chi connectivity index (χ4v) is 2.14. The highest BCUT2D eigenvalue weighted by Gasteiger charge is 2.04. The van der Waals surface area contributed by atoms with Crippen molar-refractivity contribution in [2.75, 3.05) is 13.2 Å². The Balaban J connectivity index is 1.98. The largest absolute Gasteiger partial charge is 0.494 e. The summed E-state index contributed by atoms with van der Waals surface area (Å²) in [5.74, 6) is 1.55. The van der Waals surface area contributed by atoms with Gasteiger partial charge < -0.3 is 14.9 Å². The summed E-state index contributed by atoms with van der Waals surface area (Å²) in [7, 11) is 0. The number of hydrogen-bond donors (Lipinski definition) is 1. The third-order valence-corrected chi connectivity index (χ3v) is 3.34. The van der Waals surface area contributed by atoms with Crippen LogP contribution in [0.3, 0.4) is 0 Å². The van der Waals surface area contributed by atoms with Crippen LogP contribution >= 0.6 is 11.6 Å². The highest BCUT2D eigenvalue weighted by atomic mass is 35.5. The Labute approximate surface area is 142 Å². The lowest BCUT2D eigenvalue weighted by Crippen LogP contribution is -2.06. The van der Waals surface area contributed by atoms with Gasteiger partial charge in [-0.2, -0.15) is 5.10 Å². The average molecular weight is 333 g/mol. The number of nitrogens with one attached hydrogen (secondary N) is 1. The molecule has 0 aromatic heterocycles. The van der Waals surface area contributed by atoms with Crippen LogP contribution in [-0.2, 0) is 6.54 Å².